The summed E-state index contributed by atoms with van der Waals surface area (Å²) < 4.78 is 0. The van der Waals surface area contributed by atoms with Crippen molar-refractivity contribution in [1.29, 1.82) is 0 Å². The van der Waals surface area contributed by atoms with Gasteiger partial charge < -0.3 is 5.73 Å². The summed E-state index contributed by atoms with van der Waals surface area (Å²) in [5.74, 6) is 0. The van der Waals surface area contributed by atoms with Gasteiger partial charge in [0.15, 0.2) is 0 Å². The van der Waals surface area contributed by atoms with E-state index in [4.69, 9.17) is 5.73 Å². The van der Waals surface area contributed by atoms with Crippen molar-refractivity contribution in [2.45, 2.75) is 27.2 Å². The van der Waals surface area contributed by atoms with E-state index in [2.05, 4.69) is 45.0 Å². The molecule has 1 nitrogen and oxygen atoms in total. The predicted molar refractivity (Wildman–Crippen MR) is 63.2 cm³/mol. The Morgan fingerprint density at radius 2 is 1.79 bits per heavy atom. The fourth-order valence-corrected chi connectivity index (χ4v) is 1.62. The molecule has 0 saturated heterocycles. The SMILES string of the molecule is CC(=CCCN)c1cc(C)cc(C)c1. The Bertz CT molecular complexity index is 317. The summed E-state index contributed by atoms with van der Waals surface area (Å²) in [5, 5.41) is 0. The van der Waals surface area contributed by atoms with Crippen molar-refractivity contribution in [3.63, 3.8) is 0 Å². The van der Waals surface area contributed by atoms with E-state index < -0.39 is 0 Å². The molecule has 1 aromatic carbocycles. The molecule has 0 aromatic heterocycles. The van der Waals surface area contributed by atoms with E-state index in [0.29, 0.717) is 0 Å². The van der Waals surface area contributed by atoms with E-state index in [1.54, 1.807) is 0 Å². The standard InChI is InChI=1S/C13H19N/c1-10-7-11(2)9-13(8-10)12(3)5-4-6-14/h5,7-9H,4,6,14H2,1-3H3. The zero-order valence-electron chi connectivity index (χ0n) is 9.30. The smallest absolute Gasteiger partial charge is 0.00424 e. The Balaban J connectivity index is 2.95. The molecule has 0 amide bonds. The first-order valence-electron chi connectivity index (χ1n) is 5.09. The number of nitrogens with two attached hydrogens (primary N) is 1. The van der Waals surface area contributed by atoms with E-state index in [9.17, 15) is 0 Å². The summed E-state index contributed by atoms with van der Waals surface area (Å²) in [6, 6.07) is 6.63. The van der Waals surface area contributed by atoms with Crippen molar-refractivity contribution >= 4 is 5.57 Å². The minimum atomic E-state index is 0.724. The Hall–Kier alpha value is -1.08. The normalized spacial score (nSPS) is 11.9. The van der Waals surface area contributed by atoms with Crippen LogP contribution in [0.25, 0.3) is 5.57 Å². The molecule has 0 aliphatic carbocycles. The third-order valence-electron chi connectivity index (χ3n) is 2.29. The zero-order valence-corrected chi connectivity index (χ0v) is 9.30. The first kappa shape index (κ1) is 11.0. The van der Waals surface area contributed by atoms with Crippen molar-refractivity contribution in [1.82, 2.24) is 0 Å². The summed E-state index contributed by atoms with van der Waals surface area (Å²) in [4.78, 5) is 0. The topological polar surface area (TPSA) is 26.0 Å². The monoisotopic (exact) mass is 189 g/mol. The van der Waals surface area contributed by atoms with E-state index in [1.165, 1.54) is 22.3 Å². The molecule has 0 atom stereocenters. The van der Waals surface area contributed by atoms with Gasteiger partial charge in [-0.25, -0.2) is 0 Å². The average molecular weight is 189 g/mol. The summed E-state index contributed by atoms with van der Waals surface area (Å²) >= 11 is 0. The molecule has 2 N–H and O–H groups in total. The van der Waals surface area contributed by atoms with Crippen LogP contribution in [0.4, 0.5) is 0 Å². The highest BCUT2D eigenvalue weighted by Crippen LogP contribution is 2.17. The van der Waals surface area contributed by atoms with Gasteiger partial charge in [0.1, 0.15) is 0 Å². The first-order chi connectivity index (χ1) is 6.63. The van der Waals surface area contributed by atoms with E-state index >= 15 is 0 Å². The number of rotatable bonds is 3. The van der Waals surface area contributed by atoms with Gasteiger partial charge in [-0.2, -0.15) is 0 Å². The van der Waals surface area contributed by atoms with Crippen LogP contribution in [-0.4, -0.2) is 6.54 Å². The van der Waals surface area contributed by atoms with Gasteiger partial charge in [0, 0.05) is 0 Å². The van der Waals surface area contributed by atoms with E-state index in [1.807, 2.05) is 0 Å². The molecule has 1 aromatic rings. The van der Waals surface area contributed by atoms with E-state index in [0.717, 1.165) is 13.0 Å². The van der Waals surface area contributed by atoms with Gasteiger partial charge in [0.05, 0.1) is 0 Å². The second-order valence-electron chi connectivity index (χ2n) is 3.84. The second kappa shape index (κ2) is 4.97. The summed E-state index contributed by atoms with van der Waals surface area (Å²) in [5.41, 5.74) is 10.7. The average Bonchev–Trinajstić information content (AvgIpc) is 2.12. The molecule has 0 aliphatic rings. The molecule has 0 heterocycles. The fourth-order valence-electron chi connectivity index (χ4n) is 1.62. The minimum absolute atomic E-state index is 0.724. The van der Waals surface area contributed by atoms with Crippen LogP contribution in [0.5, 0.6) is 0 Å². The van der Waals surface area contributed by atoms with Crippen LogP contribution in [0.2, 0.25) is 0 Å². The van der Waals surface area contributed by atoms with Crippen molar-refractivity contribution in [3.8, 4) is 0 Å². The van der Waals surface area contributed by atoms with Crippen LogP contribution < -0.4 is 5.73 Å². The van der Waals surface area contributed by atoms with E-state index in [-0.39, 0.29) is 0 Å². The first-order valence-corrected chi connectivity index (χ1v) is 5.09. The Morgan fingerprint density at radius 1 is 1.21 bits per heavy atom. The van der Waals surface area contributed by atoms with Gasteiger partial charge in [0.25, 0.3) is 0 Å². The molecular formula is C13H19N. The minimum Gasteiger partial charge on any atom is -0.330 e. The molecule has 0 aliphatic heterocycles. The van der Waals surface area contributed by atoms with Crippen molar-refractivity contribution < 1.29 is 0 Å². The van der Waals surface area contributed by atoms with Crippen molar-refractivity contribution in [2.24, 2.45) is 5.73 Å². The highest BCUT2D eigenvalue weighted by atomic mass is 14.5. The molecule has 0 radical (unpaired) electrons. The lowest BCUT2D eigenvalue weighted by Gasteiger charge is -2.05. The van der Waals surface area contributed by atoms with Gasteiger partial charge in [-0.15, -0.1) is 0 Å². The number of allylic oxidation sites excluding steroid dienone is 1. The predicted octanol–water partition coefficient (Wildman–Crippen LogP) is 3.06. The number of hydrogen-bond donors (Lipinski definition) is 1. The molecule has 0 spiro atoms. The molecule has 0 saturated carbocycles. The number of aryl methyl sites for hydroxylation is 2. The van der Waals surface area contributed by atoms with Crippen LogP contribution in [0.1, 0.15) is 30.0 Å². The maximum atomic E-state index is 5.47. The highest BCUT2D eigenvalue weighted by molar-refractivity contribution is 5.64. The van der Waals surface area contributed by atoms with Gasteiger partial charge in [-0.1, -0.05) is 35.4 Å². The summed E-state index contributed by atoms with van der Waals surface area (Å²) in [6.07, 6.45) is 3.16. The van der Waals surface area contributed by atoms with Gasteiger partial charge in [-0.05, 0) is 44.9 Å². The maximum absolute atomic E-state index is 5.47. The van der Waals surface area contributed by atoms with Crippen molar-refractivity contribution in [3.05, 3.63) is 41.0 Å². The highest BCUT2D eigenvalue weighted by Gasteiger charge is 1.97. The van der Waals surface area contributed by atoms with Gasteiger partial charge in [-0.3, -0.25) is 0 Å². The fraction of sp³-hybridized carbons (Fsp3) is 0.385. The summed E-state index contributed by atoms with van der Waals surface area (Å²) in [7, 11) is 0. The lowest BCUT2D eigenvalue weighted by atomic mass is 10.0. The van der Waals surface area contributed by atoms with Crippen LogP contribution >= 0.6 is 0 Å². The summed E-state index contributed by atoms with van der Waals surface area (Å²) in [6.45, 7) is 7.13. The quantitative estimate of drug-likeness (QED) is 0.777. The number of hydrogen-bond acceptors (Lipinski definition) is 1. The molecule has 1 heteroatoms. The van der Waals surface area contributed by atoms with Crippen molar-refractivity contribution in [2.75, 3.05) is 6.54 Å². The van der Waals surface area contributed by atoms with Gasteiger partial charge in [0.2, 0.25) is 0 Å². The van der Waals surface area contributed by atoms with Gasteiger partial charge >= 0.3 is 0 Å². The van der Waals surface area contributed by atoms with Crippen LogP contribution in [0.15, 0.2) is 24.3 Å². The second-order valence-corrected chi connectivity index (χ2v) is 3.84. The molecule has 0 unspecified atom stereocenters. The van der Waals surface area contributed by atoms with Crippen LogP contribution in [0, 0.1) is 13.8 Å². The maximum Gasteiger partial charge on any atom is -0.00424 e. The zero-order chi connectivity index (χ0) is 10.6. The Morgan fingerprint density at radius 3 is 2.29 bits per heavy atom. The lowest BCUT2D eigenvalue weighted by Crippen LogP contribution is -1.96. The molecule has 14 heavy (non-hydrogen) atoms. The Labute approximate surface area is 86.6 Å². The van der Waals surface area contributed by atoms with Crippen LogP contribution in [-0.2, 0) is 0 Å². The Kier molecular flexibility index (Phi) is 3.90. The lowest BCUT2D eigenvalue weighted by molar-refractivity contribution is 1.01. The molecule has 76 valence electrons. The van der Waals surface area contributed by atoms with Crippen LogP contribution in [0.3, 0.4) is 0 Å². The molecular weight excluding hydrogens is 170 g/mol. The number of benzene rings is 1. The molecule has 0 fully saturated rings. The third-order valence-corrected chi connectivity index (χ3v) is 2.29. The molecule has 0 bridgehead atoms. The largest absolute Gasteiger partial charge is 0.330 e. The third kappa shape index (κ3) is 3.00. The molecule has 1 rings (SSSR count).